The SMILES string of the molecule is CC1(C)CCCC(Nc2cc([N+](=O)[O-])ccn2)C1. The van der Waals surface area contributed by atoms with E-state index in [1.807, 2.05) is 0 Å². The Hall–Kier alpha value is -1.65. The van der Waals surface area contributed by atoms with Crippen molar-refractivity contribution in [3.05, 3.63) is 28.4 Å². The van der Waals surface area contributed by atoms with Crippen molar-refractivity contribution in [2.24, 2.45) is 5.41 Å². The zero-order chi connectivity index (χ0) is 13.2. The molecular formula is C13H19N3O2. The lowest BCUT2D eigenvalue weighted by Gasteiger charge is -2.35. The van der Waals surface area contributed by atoms with Gasteiger partial charge in [-0.1, -0.05) is 20.3 Å². The third kappa shape index (κ3) is 3.18. The van der Waals surface area contributed by atoms with Gasteiger partial charge in [0.2, 0.25) is 0 Å². The van der Waals surface area contributed by atoms with E-state index in [0.717, 1.165) is 12.8 Å². The standard InChI is InChI=1S/C13H19N3O2/c1-13(2)6-3-4-10(9-13)15-12-8-11(16(17)18)5-7-14-12/h5,7-8,10H,3-4,6,9H2,1-2H3,(H,14,15). The summed E-state index contributed by atoms with van der Waals surface area (Å²) in [7, 11) is 0. The molecule has 5 heteroatoms. The van der Waals surface area contributed by atoms with E-state index in [2.05, 4.69) is 24.1 Å². The smallest absolute Gasteiger partial charge is 0.274 e. The summed E-state index contributed by atoms with van der Waals surface area (Å²) in [6.07, 6.45) is 6.10. The Bertz CT molecular complexity index is 446. The van der Waals surface area contributed by atoms with Gasteiger partial charge in [0.15, 0.2) is 0 Å². The third-order valence-corrected chi connectivity index (χ3v) is 3.51. The first-order chi connectivity index (χ1) is 8.46. The molecule has 0 radical (unpaired) electrons. The fourth-order valence-corrected chi connectivity index (χ4v) is 2.64. The minimum Gasteiger partial charge on any atom is -0.367 e. The largest absolute Gasteiger partial charge is 0.367 e. The summed E-state index contributed by atoms with van der Waals surface area (Å²) < 4.78 is 0. The first kappa shape index (κ1) is 12.8. The maximum Gasteiger partial charge on any atom is 0.274 e. The van der Waals surface area contributed by atoms with Crippen molar-refractivity contribution in [1.29, 1.82) is 0 Å². The summed E-state index contributed by atoms with van der Waals surface area (Å²) in [5, 5.41) is 14.0. The second-order valence-electron chi connectivity index (χ2n) is 5.76. The van der Waals surface area contributed by atoms with E-state index in [1.165, 1.54) is 31.2 Å². The number of hydrogen-bond acceptors (Lipinski definition) is 4. The molecule has 1 fully saturated rings. The zero-order valence-electron chi connectivity index (χ0n) is 10.8. The second-order valence-corrected chi connectivity index (χ2v) is 5.76. The van der Waals surface area contributed by atoms with E-state index in [0.29, 0.717) is 17.3 Å². The maximum absolute atomic E-state index is 10.7. The van der Waals surface area contributed by atoms with Crippen LogP contribution in [0, 0.1) is 15.5 Å². The highest BCUT2D eigenvalue weighted by molar-refractivity contribution is 5.44. The van der Waals surface area contributed by atoms with Gasteiger partial charge < -0.3 is 5.32 Å². The van der Waals surface area contributed by atoms with Crippen molar-refractivity contribution >= 4 is 11.5 Å². The van der Waals surface area contributed by atoms with Crippen LogP contribution in [0.3, 0.4) is 0 Å². The number of nitro groups is 1. The lowest BCUT2D eigenvalue weighted by Crippen LogP contribution is -2.32. The Labute approximate surface area is 107 Å². The van der Waals surface area contributed by atoms with Gasteiger partial charge in [0.25, 0.3) is 5.69 Å². The van der Waals surface area contributed by atoms with Crippen LogP contribution in [-0.2, 0) is 0 Å². The molecule has 0 saturated heterocycles. The van der Waals surface area contributed by atoms with Crippen LogP contribution in [0.5, 0.6) is 0 Å². The van der Waals surface area contributed by atoms with E-state index >= 15 is 0 Å². The molecule has 1 saturated carbocycles. The molecule has 1 unspecified atom stereocenters. The van der Waals surface area contributed by atoms with E-state index in [1.54, 1.807) is 0 Å². The fraction of sp³-hybridized carbons (Fsp3) is 0.615. The topological polar surface area (TPSA) is 68.1 Å². The van der Waals surface area contributed by atoms with Gasteiger partial charge in [0.1, 0.15) is 5.82 Å². The molecule has 98 valence electrons. The second kappa shape index (κ2) is 4.92. The van der Waals surface area contributed by atoms with Gasteiger partial charge in [-0.15, -0.1) is 0 Å². The number of hydrogen-bond donors (Lipinski definition) is 1. The summed E-state index contributed by atoms with van der Waals surface area (Å²) >= 11 is 0. The van der Waals surface area contributed by atoms with Crippen LogP contribution in [0.25, 0.3) is 0 Å². The highest BCUT2D eigenvalue weighted by atomic mass is 16.6. The number of aromatic nitrogens is 1. The van der Waals surface area contributed by atoms with Crippen LogP contribution >= 0.6 is 0 Å². The van der Waals surface area contributed by atoms with Gasteiger partial charge in [0, 0.05) is 18.3 Å². The van der Waals surface area contributed by atoms with Gasteiger partial charge >= 0.3 is 0 Å². The van der Waals surface area contributed by atoms with Crippen LogP contribution < -0.4 is 5.32 Å². The first-order valence-electron chi connectivity index (χ1n) is 6.33. The summed E-state index contributed by atoms with van der Waals surface area (Å²) in [6.45, 7) is 4.53. The molecule has 0 amide bonds. The molecule has 0 aliphatic heterocycles. The van der Waals surface area contributed by atoms with Crippen LogP contribution in [-0.4, -0.2) is 15.9 Å². The van der Waals surface area contributed by atoms with Crippen LogP contribution in [0.15, 0.2) is 18.3 Å². The average molecular weight is 249 g/mol. The minimum atomic E-state index is -0.391. The van der Waals surface area contributed by atoms with Gasteiger partial charge in [-0.3, -0.25) is 10.1 Å². The Morgan fingerprint density at radius 3 is 3.00 bits per heavy atom. The van der Waals surface area contributed by atoms with Crippen molar-refractivity contribution < 1.29 is 4.92 Å². The first-order valence-corrected chi connectivity index (χ1v) is 6.33. The Kier molecular flexibility index (Phi) is 3.50. The molecule has 1 N–H and O–H groups in total. The maximum atomic E-state index is 10.7. The van der Waals surface area contributed by atoms with Crippen molar-refractivity contribution in [2.45, 2.75) is 45.6 Å². The molecule has 2 rings (SSSR count). The normalized spacial score (nSPS) is 22.4. The predicted octanol–water partition coefficient (Wildman–Crippen LogP) is 3.37. The summed E-state index contributed by atoms with van der Waals surface area (Å²) in [5.74, 6) is 0.604. The van der Waals surface area contributed by atoms with Crippen LogP contribution in [0.1, 0.15) is 39.5 Å². The lowest BCUT2D eigenvalue weighted by molar-refractivity contribution is -0.384. The molecule has 18 heavy (non-hydrogen) atoms. The zero-order valence-corrected chi connectivity index (χ0v) is 10.8. The summed E-state index contributed by atoms with van der Waals surface area (Å²) in [6, 6.07) is 3.28. The van der Waals surface area contributed by atoms with Gasteiger partial charge in [-0.05, 0) is 24.7 Å². The molecule has 1 aromatic rings. The van der Waals surface area contributed by atoms with E-state index in [4.69, 9.17) is 0 Å². The molecule has 0 spiro atoms. The molecule has 1 atom stereocenters. The Morgan fingerprint density at radius 2 is 2.33 bits per heavy atom. The van der Waals surface area contributed by atoms with E-state index < -0.39 is 4.92 Å². The molecule has 1 aliphatic carbocycles. The molecule has 0 bridgehead atoms. The number of anilines is 1. The number of rotatable bonds is 3. The highest BCUT2D eigenvalue weighted by Crippen LogP contribution is 2.36. The average Bonchev–Trinajstić information content (AvgIpc) is 2.28. The van der Waals surface area contributed by atoms with Gasteiger partial charge in [-0.25, -0.2) is 4.98 Å². The Morgan fingerprint density at radius 1 is 1.56 bits per heavy atom. The van der Waals surface area contributed by atoms with Crippen molar-refractivity contribution in [3.63, 3.8) is 0 Å². The van der Waals surface area contributed by atoms with Gasteiger partial charge in [-0.2, -0.15) is 0 Å². The predicted molar refractivity (Wildman–Crippen MR) is 70.6 cm³/mol. The number of nitrogens with zero attached hydrogens (tertiary/aromatic N) is 2. The molecule has 5 nitrogen and oxygen atoms in total. The Balaban J connectivity index is 2.05. The van der Waals surface area contributed by atoms with Crippen LogP contribution in [0.2, 0.25) is 0 Å². The molecular weight excluding hydrogens is 230 g/mol. The van der Waals surface area contributed by atoms with E-state index in [9.17, 15) is 10.1 Å². The minimum absolute atomic E-state index is 0.0857. The van der Waals surface area contributed by atoms with E-state index in [-0.39, 0.29) is 5.69 Å². The summed E-state index contributed by atoms with van der Waals surface area (Å²) in [4.78, 5) is 14.5. The monoisotopic (exact) mass is 249 g/mol. The molecule has 0 aromatic carbocycles. The highest BCUT2D eigenvalue weighted by Gasteiger charge is 2.28. The molecule has 1 aromatic heterocycles. The summed E-state index contributed by atoms with van der Waals surface area (Å²) in [5.41, 5.74) is 0.430. The molecule has 1 aliphatic rings. The number of pyridine rings is 1. The quantitative estimate of drug-likeness (QED) is 0.658. The lowest BCUT2D eigenvalue weighted by atomic mass is 9.75. The fourth-order valence-electron chi connectivity index (χ4n) is 2.64. The van der Waals surface area contributed by atoms with Crippen molar-refractivity contribution in [3.8, 4) is 0 Å². The number of nitrogens with one attached hydrogen (secondary N) is 1. The third-order valence-electron chi connectivity index (χ3n) is 3.51. The van der Waals surface area contributed by atoms with Crippen molar-refractivity contribution in [1.82, 2.24) is 4.98 Å². The van der Waals surface area contributed by atoms with Crippen molar-refractivity contribution in [2.75, 3.05) is 5.32 Å². The van der Waals surface area contributed by atoms with Gasteiger partial charge in [0.05, 0.1) is 11.0 Å². The molecule has 1 heterocycles. The van der Waals surface area contributed by atoms with Crippen LogP contribution in [0.4, 0.5) is 11.5 Å².